The lowest BCUT2D eigenvalue weighted by molar-refractivity contribution is -0.00981. The number of hydrogen-bond acceptors (Lipinski definition) is 2. The molecule has 1 saturated heterocycles. The fourth-order valence-corrected chi connectivity index (χ4v) is 4.07. The summed E-state index contributed by atoms with van der Waals surface area (Å²) in [7, 11) is 0. The Kier molecular flexibility index (Phi) is 16.8. The molecule has 28 heavy (non-hydrogen) atoms. The van der Waals surface area contributed by atoms with Crippen LogP contribution in [0.5, 0.6) is 0 Å². The smallest absolute Gasteiger partial charge is 0.0813 e. The molecule has 1 aliphatic rings. The van der Waals surface area contributed by atoms with Crippen LogP contribution in [0.3, 0.4) is 0 Å². The van der Waals surface area contributed by atoms with Crippen molar-refractivity contribution in [1.29, 1.82) is 0 Å². The van der Waals surface area contributed by atoms with Crippen LogP contribution < -0.4 is 0 Å². The van der Waals surface area contributed by atoms with E-state index >= 15 is 0 Å². The van der Waals surface area contributed by atoms with Crippen LogP contribution >= 0.6 is 0 Å². The average Bonchev–Trinajstić information content (AvgIpc) is 3.12. The van der Waals surface area contributed by atoms with E-state index in [9.17, 15) is 0 Å². The summed E-state index contributed by atoms with van der Waals surface area (Å²) in [6.45, 7) is 9.96. The van der Waals surface area contributed by atoms with Crippen molar-refractivity contribution in [2.24, 2.45) is 0 Å². The summed E-state index contributed by atoms with van der Waals surface area (Å²) in [6.07, 6.45) is 23.2. The van der Waals surface area contributed by atoms with Gasteiger partial charge < -0.3 is 9.47 Å². The Morgan fingerprint density at radius 3 is 1.96 bits per heavy atom. The van der Waals surface area contributed by atoms with Crippen LogP contribution in [0, 0.1) is 0 Å². The molecule has 0 aromatic rings. The first kappa shape index (κ1) is 25.5. The van der Waals surface area contributed by atoms with Crippen LogP contribution in [0.2, 0.25) is 0 Å². The van der Waals surface area contributed by atoms with E-state index in [0.717, 1.165) is 32.5 Å². The Balaban J connectivity index is 1.84. The van der Waals surface area contributed by atoms with Gasteiger partial charge in [0.25, 0.3) is 0 Å². The highest BCUT2D eigenvalue weighted by molar-refractivity contribution is 4.98. The van der Waals surface area contributed by atoms with Gasteiger partial charge in [0.2, 0.25) is 0 Å². The third-order valence-corrected chi connectivity index (χ3v) is 5.97. The number of unbranched alkanes of at least 4 members (excludes halogenated alkanes) is 11. The highest BCUT2D eigenvalue weighted by atomic mass is 16.5. The van der Waals surface area contributed by atoms with Crippen molar-refractivity contribution in [2.75, 3.05) is 13.2 Å². The zero-order chi connectivity index (χ0) is 20.3. The minimum Gasteiger partial charge on any atom is -0.379 e. The molecule has 1 fully saturated rings. The zero-order valence-electron chi connectivity index (χ0n) is 19.1. The van der Waals surface area contributed by atoms with E-state index in [1.165, 1.54) is 95.5 Å². The largest absolute Gasteiger partial charge is 0.379 e. The van der Waals surface area contributed by atoms with Crippen LogP contribution in [0.1, 0.15) is 123 Å². The number of hydrogen-bond donors (Lipinski definition) is 0. The zero-order valence-corrected chi connectivity index (χ0v) is 19.1. The molecule has 0 bridgehead atoms. The minimum absolute atomic E-state index is 0.333. The highest BCUT2D eigenvalue weighted by Crippen LogP contribution is 2.20. The minimum atomic E-state index is 0.333. The summed E-state index contributed by atoms with van der Waals surface area (Å²) in [5, 5.41) is 0. The second-order valence-corrected chi connectivity index (χ2v) is 8.74. The maximum Gasteiger partial charge on any atom is 0.0813 e. The van der Waals surface area contributed by atoms with Crippen molar-refractivity contribution in [3.8, 4) is 0 Å². The molecule has 0 aromatic heterocycles. The van der Waals surface area contributed by atoms with Crippen molar-refractivity contribution in [3.63, 3.8) is 0 Å². The van der Waals surface area contributed by atoms with Gasteiger partial charge in [0.05, 0.1) is 18.8 Å². The van der Waals surface area contributed by atoms with Crippen LogP contribution in [-0.4, -0.2) is 25.4 Å². The summed E-state index contributed by atoms with van der Waals surface area (Å²) in [4.78, 5) is 0. The fourth-order valence-electron chi connectivity index (χ4n) is 4.07. The van der Waals surface area contributed by atoms with Gasteiger partial charge in [0, 0.05) is 6.61 Å². The van der Waals surface area contributed by atoms with Crippen LogP contribution in [-0.2, 0) is 9.47 Å². The molecule has 2 atom stereocenters. The fraction of sp³-hybridized carbons (Fsp3) is 0.885. The molecule has 2 nitrogen and oxygen atoms in total. The normalized spacial score (nSPS) is 19.1. The van der Waals surface area contributed by atoms with E-state index in [1.807, 2.05) is 0 Å². The SMILES string of the molecule is C=C=C(CCCCCCCCCCCCC)CCCCOC[C@@H]1CC[C@@H](C)O1. The molecule has 1 rings (SSSR count). The standard InChI is InChI=1S/C26H48O2/c1-4-6-7-8-9-10-11-12-13-14-15-18-25(5-2)19-16-17-22-27-23-26-21-20-24(3)28-26/h24,26H,2,4,6-23H2,1,3H3/t24-,26+/m1/s1. The van der Waals surface area contributed by atoms with Crippen LogP contribution in [0.25, 0.3) is 0 Å². The molecule has 1 aliphatic heterocycles. The Morgan fingerprint density at radius 1 is 0.857 bits per heavy atom. The third-order valence-electron chi connectivity index (χ3n) is 5.97. The van der Waals surface area contributed by atoms with E-state index in [0.29, 0.717) is 12.2 Å². The summed E-state index contributed by atoms with van der Waals surface area (Å²) >= 11 is 0. The van der Waals surface area contributed by atoms with Gasteiger partial charge in [-0.1, -0.05) is 77.7 Å². The van der Waals surface area contributed by atoms with Gasteiger partial charge >= 0.3 is 0 Å². The van der Waals surface area contributed by atoms with Crippen molar-refractivity contribution < 1.29 is 9.47 Å². The lowest BCUT2D eigenvalue weighted by Crippen LogP contribution is -2.16. The van der Waals surface area contributed by atoms with Gasteiger partial charge in [0.15, 0.2) is 0 Å². The number of ether oxygens (including phenoxy) is 2. The third kappa shape index (κ3) is 14.4. The average molecular weight is 393 g/mol. The maximum absolute atomic E-state index is 5.78. The summed E-state index contributed by atoms with van der Waals surface area (Å²) in [5.41, 5.74) is 4.60. The topological polar surface area (TPSA) is 18.5 Å². The predicted octanol–water partition coefficient (Wildman–Crippen LogP) is 8.15. The lowest BCUT2D eigenvalue weighted by atomic mass is 10.0. The van der Waals surface area contributed by atoms with Gasteiger partial charge in [-0.2, -0.15) is 0 Å². The Morgan fingerprint density at radius 2 is 1.43 bits per heavy atom. The summed E-state index contributed by atoms with van der Waals surface area (Å²) in [5.74, 6) is 0. The van der Waals surface area contributed by atoms with E-state index in [-0.39, 0.29) is 0 Å². The molecule has 0 radical (unpaired) electrons. The monoisotopic (exact) mass is 392 g/mol. The molecule has 2 heteroatoms. The molecule has 164 valence electrons. The Labute approximate surface area is 176 Å². The lowest BCUT2D eigenvalue weighted by Gasteiger charge is -2.11. The molecule has 0 aliphatic carbocycles. The first-order chi connectivity index (χ1) is 13.8. The second kappa shape index (κ2) is 18.5. The van der Waals surface area contributed by atoms with E-state index in [2.05, 4.69) is 26.2 Å². The molecule has 0 N–H and O–H groups in total. The summed E-state index contributed by atoms with van der Waals surface area (Å²) < 4.78 is 11.6. The molecule has 1 heterocycles. The molecule has 0 aromatic carbocycles. The van der Waals surface area contributed by atoms with Crippen LogP contribution in [0.4, 0.5) is 0 Å². The number of allylic oxidation sites excluding steroid dienone is 1. The van der Waals surface area contributed by atoms with Crippen molar-refractivity contribution in [3.05, 3.63) is 17.9 Å². The quantitative estimate of drug-likeness (QED) is 0.163. The molecule has 0 spiro atoms. The Bertz CT molecular complexity index is 397. The highest BCUT2D eigenvalue weighted by Gasteiger charge is 2.21. The second-order valence-electron chi connectivity index (χ2n) is 8.74. The molecular formula is C26H48O2. The molecule has 0 amide bonds. The van der Waals surface area contributed by atoms with Gasteiger partial charge in [-0.15, -0.1) is 5.73 Å². The molecular weight excluding hydrogens is 344 g/mol. The number of rotatable bonds is 19. The molecule has 0 saturated carbocycles. The maximum atomic E-state index is 5.78. The first-order valence-corrected chi connectivity index (χ1v) is 12.4. The first-order valence-electron chi connectivity index (χ1n) is 12.4. The van der Waals surface area contributed by atoms with Gasteiger partial charge in [-0.3, -0.25) is 0 Å². The predicted molar refractivity (Wildman–Crippen MR) is 122 cm³/mol. The van der Waals surface area contributed by atoms with Gasteiger partial charge in [0.1, 0.15) is 0 Å². The van der Waals surface area contributed by atoms with E-state index in [4.69, 9.17) is 9.47 Å². The Hall–Kier alpha value is -0.560. The van der Waals surface area contributed by atoms with E-state index < -0.39 is 0 Å². The van der Waals surface area contributed by atoms with E-state index in [1.54, 1.807) is 0 Å². The van der Waals surface area contributed by atoms with Gasteiger partial charge in [-0.25, -0.2) is 0 Å². The van der Waals surface area contributed by atoms with Crippen molar-refractivity contribution >= 4 is 0 Å². The molecule has 0 unspecified atom stereocenters. The van der Waals surface area contributed by atoms with Crippen molar-refractivity contribution in [2.45, 2.75) is 135 Å². The summed E-state index contributed by atoms with van der Waals surface area (Å²) in [6, 6.07) is 0. The van der Waals surface area contributed by atoms with Gasteiger partial charge in [-0.05, 0) is 57.4 Å². The van der Waals surface area contributed by atoms with Crippen LogP contribution in [0.15, 0.2) is 17.9 Å². The van der Waals surface area contributed by atoms with Crippen molar-refractivity contribution in [1.82, 2.24) is 0 Å².